The van der Waals surface area contributed by atoms with E-state index < -0.39 is 6.04 Å². The van der Waals surface area contributed by atoms with E-state index in [2.05, 4.69) is 27.5 Å². The SMILES string of the molecule is COc1c2c(cc3c1[C@@H](c1nnnn1C(c1ccccc1Cl)c1ccccc1Cl)N(C)CC3)OCO2. The molecule has 3 aromatic carbocycles. The minimum atomic E-state index is -0.448. The number of nitrogens with zero attached hydrogens (tertiary/aromatic N) is 5. The number of benzene rings is 3. The molecule has 2 aliphatic rings. The van der Waals surface area contributed by atoms with E-state index in [1.165, 1.54) is 0 Å². The molecule has 6 rings (SSSR count). The van der Waals surface area contributed by atoms with Crippen LogP contribution in [0.15, 0.2) is 54.6 Å². The summed E-state index contributed by atoms with van der Waals surface area (Å²) < 4.78 is 19.1. The zero-order chi connectivity index (χ0) is 24.8. The van der Waals surface area contributed by atoms with Crippen molar-refractivity contribution in [1.82, 2.24) is 25.1 Å². The Balaban J connectivity index is 1.58. The van der Waals surface area contributed by atoms with E-state index in [1.54, 1.807) is 7.11 Å². The van der Waals surface area contributed by atoms with Crippen molar-refractivity contribution < 1.29 is 14.2 Å². The Labute approximate surface area is 218 Å². The van der Waals surface area contributed by atoms with Gasteiger partial charge in [0.15, 0.2) is 17.3 Å². The zero-order valence-corrected chi connectivity index (χ0v) is 21.2. The van der Waals surface area contributed by atoms with Crippen molar-refractivity contribution in [2.75, 3.05) is 27.5 Å². The zero-order valence-electron chi connectivity index (χ0n) is 19.7. The summed E-state index contributed by atoms with van der Waals surface area (Å²) in [5, 5.41) is 14.3. The third-order valence-corrected chi connectivity index (χ3v) is 7.49. The van der Waals surface area contributed by atoms with E-state index in [4.69, 9.17) is 37.4 Å². The summed E-state index contributed by atoms with van der Waals surface area (Å²) >= 11 is 13.4. The lowest BCUT2D eigenvalue weighted by Crippen LogP contribution is -2.36. The van der Waals surface area contributed by atoms with Crippen LogP contribution in [-0.2, 0) is 6.42 Å². The highest BCUT2D eigenvalue weighted by atomic mass is 35.5. The first kappa shape index (κ1) is 23.1. The number of likely N-dealkylation sites (N-methyl/N-ethyl adjacent to an activating group) is 1. The summed E-state index contributed by atoms with van der Waals surface area (Å²) in [5.41, 5.74) is 3.76. The Bertz CT molecular complexity index is 1400. The maximum Gasteiger partial charge on any atom is 0.231 e. The first-order valence-corrected chi connectivity index (χ1v) is 12.3. The molecule has 0 spiro atoms. The molecule has 3 heterocycles. The van der Waals surface area contributed by atoms with Gasteiger partial charge in [-0.1, -0.05) is 59.6 Å². The molecule has 8 nitrogen and oxygen atoms in total. The molecule has 0 saturated carbocycles. The number of rotatable bonds is 5. The van der Waals surface area contributed by atoms with Gasteiger partial charge in [-0.15, -0.1) is 5.10 Å². The molecule has 2 aliphatic heterocycles. The number of hydrogen-bond donors (Lipinski definition) is 0. The van der Waals surface area contributed by atoms with Gasteiger partial charge in [0.05, 0.1) is 7.11 Å². The maximum atomic E-state index is 6.71. The van der Waals surface area contributed by atoms with Crippen molar-refractivity contribution in [3.8, 4) is 17.2 Å². The van der Waals surface area contributed by atoms with E-state index in [9.17, 15) is 0 Å². The van der Waals surface area contributed by atoms with Gasteiger partial charge in [-0.3, -0.25) is 4.90 Å². The van der Waals surface area contributed by atoms with Gasteiger partial charge < -0.3 is 14.2 Å². The molecule has 0 N–H and O–H groups in total. The second kappa shape index (κ2) is 9.28. The fraction of sp³-hybridized carbons (Fsp3) is 0.269. The highest BCUT2D eigenvalue weighted by Gasteiger charge is 2.39. The molecule has 4 aromatic rings. The van der Waals surface area contributed by atoms with Crippen molar-refractivity contribution >= 4 is 23.2 Å². The van der Waals surface area contributed by atoms with Crippen LogP contribution in [0.2, 0.25) is 10.0 Å². The Hall–Kier alpha value is -3.33. The molecule has 1 aromatic heterocycles. The number of ether oxygens (including phenoxy) is 3. The minimum absolute atomic E-state index is 0.161. The van der Waals surface area contributed by atoms with Crippen LogP contribution in [0.5, 0.6) is 17.2 Å². The number of fused-ring (bicyclic) bond motifs is 2. The summed E-state index contributed by atoms with van der Waals surface area (Å²) in [6, 6.07) is 16.6. The first-order chi connectivity index (χ1) is 17.6. The van der Waals surface area contributed by atoms with Crippen molar-refractivity contribution in [3.63, 3.8) is 0 Å². The molecule has 0 amide bonds. The lowest BCUT2D eigenvalue weighted by Gasteiger charge is -2.35. The van der Waals surface area contributed by atoms with Crippen molar-refractivity contribution in [3.05, 3.63) is 92.7 Å². The van der Waals surface area contributed by atoms with Gasteiger partial charge in [-0.05, 0) is 58.8 Å². The molecule has 184 valence electrons. The van der Waals surface area contributed by atoms with Crippen LogP contribution in [-0.4, -0.2) is 52.6 Å². The average molecular weight is 524 g/mol. The Morgan fingerprint density at radius 3 is 2.39 bits per heavy atom. The third-order valence-electron chi connectivity index (χ3n) is 6.80. The van der Waals surface area contributed by atoms with Gasteiger partial charge in [0.2, 0.25) is 12.5 Å². The number of halogens is 2. The van der Waals surface area contributed by atoms with Gasteiger partial charge in [0.25, 0.3) is 0 Å². The quantitative estimate of drug-likeness (QED) is 0.367. The third kappa shape index (κ3) is 3.68. The van der Waals surface area contributed by atoms with Crippen LogP contribution < -0.4 is 14.2 Å². The van der Waals surface area contributed by atoms with E-state index in [0.717, 1.165) is 35.2 Å². The molecular formula is C26H23Cl2N5O3. The van der Waals surface area contributed by atoms with Crippen LogP contribution >= 0.6 is 23.2 Å². The number of methoxy groups -OCH3 is 1. The highest BCUT2D eigenvalue weighted by Crippen LogP contribution is 2.51. The topological polar surface area (TPSA) is 74.5 Å². The molecule has 0 aliphatic carbocycles. The highest BCUT2D eigenvalue weighted by molar-refractivity contribution is 6.32. The van der Waals surface area contributed by atoms with E-state index in [0.29, 0.717) is 33.1 Å². The smallest absolute Gasteiger partial charge is 0.231 e. The lowest BCUT2D eigenvalue weighted by molar-refractivity contribution is 0.170. The molecule has 0 fully saturated rings. The van der Waals surface area contributed by atoms with Crippen LogP contribution in [0, 0.1) is 0 Å². The molecule has 10 heteroatoms. The molecule has 1 atom stereocenters. The van der Waals surface area contributed by atoms with Crippen molar-refractivity contribution in [2.24, 2.45) is 0 Å². The minimum Gasteiger partial charge on any atom is -0.492 e. The van der Waals surface area contributed by atoms with E-state index >= 15 is 0 Å². The van der Waals surface area contributed by atoms with Crippen LogP contribution in [0.4, 0.5) is 0 Å². The molecule has 0 radical (unpaired) electrons. The van der Waals surface area contributed by atoms with Crippen LogP contribution in [0.3, 0.4) is 0 Å². The van der Waals surface area contributed by atoms with Crippen molar-refractivity contribution in [1.29, 1.82) is 0 Å². The average Bonchev–Trinajstić information content (AvgIpc) is 3.55. The number of hydrogen-bond acceptors (Lipinski definition) is 7. The number of tetrazole rings is 1. The largest absolute Gasteiger partial charge is 0.492 e. The lowest BCUT2D eigenvalue weighted by atomic mass is 9.90. The van der Waals surface area contributed by atoms with Crippen LogP contribution in [0.25, 0.3) is 0 Å². The van der Waals surface area contributed by atoms with E-state index in [1.807, 2.05) is 59.3 Å². The second-order valence-electron chi connectivity index (χ2n) is 8.78. The molecule has 0 unspecified atom stereocenters. The summed E-state index contributed by atoms with van der Waals surface area (Å²) in [5.74, 6) is 2.57. The Kier molecular flexibility index (Phi) is 5.95. The Morgan fingerprint density at radius 1 is 1.03 bits per heavy atom. The summed E-state index contributed by atoms with van der Waals surface area (Å²) in [6.07, 6.45) is 0.829. The monoisotopic (exact) mass is 523 g/mol. The molecule has 36 heavy (non-hydrogen) atoms. The predicted octanol–water partition coefficient (Wildman–Crippen LogP) is 4.93. The van der Waals surface area contributed by atoms with Gasteiger partial charge in [-0.2, -0.15) is 0 Å². The molecule has 0 bridgehead atoms. The molecule has 0 saturated heterocycles. The molecular weight excluding hydrogens is 501 g/mol. The summed E-state index contributed by atoms with van der Waals surface area (Å²) in [6.45, 7) is 0.962. The Morgan fingerprint density at radius 2 is 1.72 bits per heavy atom. The van der Waals surface area contributed by atoms with Gasteiger partial charge in [0.1, 0.15) is 12.1 Å². The van der Waals surface area contributed by atoms with Crippen molar-refractivity contribution in [2.45, 2.75) is 18.5 Å². The standard InChI is InChI=1S/C26H23Cl2N5O3/c1-32-12-11-15-13-20-24(36-14-35-20)25(34-2)21(15)23(32)26-29-30-31-33(26)22(16-7-3-5-9-18(16)27)17-8-4-6-10-19(17)28/h3-10,13,22-23H,11-12,14H2,1-2H3/t23-/m0/s1. The first-order valence-electron chi connectivity index (χ1n) is 11.5. The number of aromatic nitrogens is 4. The van der Waals surface area contributed by atoms with Gasteiger partial charge in [0, 0.05) is 22.2 Å². The van der Waals surface area contributed by atoms with Gasteiger partial charge >= 0.3 is 0 Å². The second-order valence-corrected chi connectivity index (χ2v) is 9.59. The van der Waals surface area contributed by atoms with E-state index in [-0.39, 0.29) is 12.8 Å². The van der Waals surface area contributed by atoms with Crippen LogP contribution in [0.1, 0.15) is 40.2 Å². The fourth-order valence-electron chi connectivity index (χ4n) is 5.15. The fourth-order valence-corrected chi connectivity index (χ4v) is 5.63. The maximum absolute atomic E-state index is 6.71. The van der Waals surface area contributed by atoms with Gasteiger partial charge in [-0.25, -0.2) is 4.68 Å². The summed E-state index contributed by atoms with van der Waals surface area (Å²) in [7, 11) is 3.69. The summed E-state index contributed by atoms with van der Waals surface area (Å²) in [4.78, 5) is 2.21. The predicted molar refractivity (Wildman–Crippen MR) is 135 cm³/mol. The normalized spacial score (nSPS) is 16.9.